The zero-order valence-corrected chi connectivity index (χ0v) is 12.6. The molecule has 1 aromatic rings. The van der Waals surface area contributed by atoms with Gasteiger partial charge in [0.2, 0.25) is 5.91 Å². The highest BCUT2D eigenvalue weighted by Gasteiger charge is 2.18. The predicted molar refractivity (Wildman–Crippen MR) is 80.5 cm³/mol. The Morgan fingerprint density at radius 1 is 1.00 bits per heavy atom. The molecule has 0 heterocycles. The van der Waals surface area contributed by atoms with Crippen LogP contribution in [0.15, 0.2) is 24.3 Å². The van der Waals surface area contributed by atoms with Gasteiger partial charge in [-0.05, 0) is 42.0 Å². The zero-order valence-electron chi connectivity index (χ0n) is 12.6. The Balaban J connectivity index is 2.64. The van der Waals surface area contributed by atoms with Crippen LogP contribution in [0.25, 0.3) is 0 Å². The zero-order chi connectivity index (χ0) is 15.3. The number of carbonyl (C=O) groups is 2. The molecule has 0 aliphatic rings. The fraction of sp³-hybridized carbons (Fsp3) is 0.500. The molecule has 0 saturated carbocycles. The molecule has 110 valence electrons. The van der Waals surface area contributed by atoms with Gasteiger partial charge in [-0.2, -0.15) is 0 Å². The van der Waals surface area contributed by atoms with Crippen LogP contribution in [-0.2, 0) is 0 Å². The summed E-state index contributed by atoms with van der Waals surface area (Å²) in [6.07, 6.45) is 0. The molecule has 4 nitrogen and oxygen atoms in total. The summed E-state index contributed by atoms with van der Waals surface area (Å²) in [6.45, 7) is 9.32. The molecular formula is C16H24N2O2. The summed E-state index contributed by atoms with van der Waals surface area (Å²) in [5, 5.41) is 2.96. The summed E-state index contributed by atoms with van der Waals surface area (Å²) in [6, 6.07) is 6.38. The highest BCUT2D eigenvalue weighted by atomic mass is 16.2. The largest absolute Gasteiger partial charge is 0.366 e. The third-order valence-corrected chi connectivity index (χ3v) is 3.64. The fourth-order valence-electron chi connectivity index (χ4n) is 2.34. The van der Waals surface area contributed by atoms with E-state index in [0.717, 1.165) is 0 Å². The number of nitrogens with one attached hydrogen (secondary N) is 1. The van der Waals surface area contributed by atoms with Crippen LogP contribution in [0.5, 0.6) is 0 Å². The van der Waals surface area contributed by atoms with E-state index in [0.29, 0.717) is 35.4 Å². The Morgan fingerprint density at radius 3 is 1.85 bits per heavy atom. The molecule has 20 heavy (non-hydrogen) atoms. The maximum atomic E-state index is 12.0. The summed E-state index contributed by atoms with van der Waals surface area (Å²) in [4.78, 5) is 23.0. The molecule has 0 aliphatic heterocycles. The number of hydrogen-bond acceptors (Lipinski definition) is 2. The summed E-state index contributed by atoms with van der Waals surface area (Å²) >= 11 is 0. The monoisotopic (exact) mass is 276 g/mol. The lowest BCUT2D eigenvalue weighted by Gasteiger charge is -2.25. The number of benzene rings is 1. The SMILES string of the molecule is CC(C)C(CNC(=O)c1ccc(C(N)=O)cc1)C(C)C. The van der Waals surface area contributed by atoms with Crippen molar-refractivity contribution in [1.82, 2.24) is 5.32 Å². The molecular weight excluding hydrogens is 252 g/mol. The van der Waals surface area contributed by atoms with Gasteiger partial charge in [-0.1, -0.05) is 27.7 Å². The molecule has 0 aliphatic carbocycles. The Morgan fingerprint density at radius 2 is 1.45 bits per heavy atom. The molecule has 3 N–H and O–H groups in total. The first kappa shape index (κ1) is 16.2. The second-order valence-corrected chi connectivity index (χ2v) is 5.80. The van der Waals surface area contributed by atoms with E-state index in [4.69, 9.17) is 5.73 Å². The second-order valence-electron chi connectivity index (χ2n) is 5.80. The van der Waals surface area contributed by atoms with Gasteiger partial charge in [0.25, 0.3) is 5.91 Å². The molecule has 4 heteroatoms. The molecule has 0 fully saturated rings. The van der Waals surface area contributed by atoms with Gasteiger partial charge >= 0.3 is 0 Å². The third kappa shape index (κ3) is 4.37. The number of hydrogen-bond donors (Lipinski definition) is 2. The average molecular weight is 276 g/mol. The van der Waals surface area contributed by atoms with E-state index in [1.807, 2.05) is 0 Å². The minimum Gasteiger partial charge on any atom is -0.366 e. The Kier molecular flexibility index (Phi) is 5.74. The van der Waals surface area contributed by atoms with Crippen molar-refractivity contribution in [2.75, 3.05) is 6.54 Å². The maximum absolute atomic E-state index is 12.0. The summed E-state index contributed by atoms with van der Waals surface area (Å²) in [7, 11) is 0. The van der Waals surface area contributed by atoms with E-state index in [2.05, 4.69) is 33.0 Å². The van der Waals surface area contributed by atoms with Crippen LogP contribution in [0, 0.1) is 17.8 Å². The minimum absolute atomic E-state index is 0.118. The number of primary amides is 1. The molecule has 0 bridgehead atoms. The van der Waals surface area contributed by atoms with Crippen LogP contribution >= 0.6 is 0 Å². The smallest absolute Gasteiger partial charge is 0.251 e. The number of amides is 2. The van der Waals surface area contributed by atoms with Crippen LogP contribution in [0.1, 0.15) is 48.4 Å². The first-order chi connectivity index (χ1) is 9.32. The first-order valence-electron chi connectivity index (χ1n) is 7.01. The minimum atomic E-state index is -0.489. The van der Waals surface area contributed by atoms with Crippen LogP contribution in [-0.4, -0.2) is 18.4 Å². The van der Waals surface area contributed by atoms with Crippen molar-refractivity contribution in [3.63, 3.8) is 0 Å². The van der Waals surface area contributed by atoms with Crippen molar-refractivity contribution < 1.29 is 9.59 Å². The molecule has 1 aromatic carbocycles. The normalized spacial score (nSPS) is 11.2. The Hall–Kier alpha value is -1.84. The van der Waals surface area contributed by atoms with Crippen LogP contribution in [0.3, 0.4) is 0 Å². The molecule has 0 saturated heterocycles. The average Bonchev–Trinajstić information content (AvgIpc) is 2.38. The van der Waals surface area contributed by atoms with Gasteiger partial charge in [0.15, 0.2) is 0 Å². The first-order valence-corrected chi connectivity index (χ1v) is 7.01. The molecule has 2 amide bonds. The van der Waals surface area contributed by atoms with Crippen LogP contribution in [0.2, 0.25) is 0 Å². The van der Waals surface area contributed by atoms with Crippen molar-refractivity contribution in [1.29, 1.82) is 0 Å². The topological polar surface area (TPSA) is 72.2 Å². The van der Waals surface area contributed by atoms with Crippen molar-refractivity contribution in [3.05, 3.63) is 35.4 Å². The lowest BCUT2D eigenvalue weighted by molar-refractivity contribution is 0.0935. The Bertz CT molecular complexity index is 456. The van der Waals surface area contributed by atoms with Crippen molar-refractivity contribution >= 4 is 11.8 Å². The highest BCUT2D eigenvalue weighted by Crippen LogP contribution is 2.19. The lowest BCUT2D eigenvalue weighted by atomic mass is 9.85. The van der Waals surface area contributed by atoms with E-state index in [1.54, 1.807) is 24.3 Å². The predicted octanol–water partition coefficient (Wildman–Crippen LogP) is 2.44. The van der Waals surface area contributed by atoms with Gasteiger partial charge in [0, 0.05) is 17.7 Å². The molecule has 0 spiro atoms. The number of carbonyl (C=O) groups excluding carboxylic acids is 2. The van der Waals surface area contributed by atoms with Crippen LogP contribution < -0.4 is 11.1 Å². The highest BCUT2D eigenvalue weighted by molar-refractivity contribution is 5.97. The van der Waals surface area contributed by atoms with Gasteiger partial charge in [-0.15, -0.1) is 0 Å². The van der Waals surface area contributed by atoms with Gasteiger partial charge in [-0.25, -0.2) is 0 Å². The van der Waals surface area contributed by atoms with Gasteiger partial charge in [-0.3, -0.25) is 9.59 Å². The summed E-state index contributed by atoms with van der Waals surface area (Å²) in [5.41, 5.74) is 6.11. The quantitative estimate of drug-likeness (QED) is 0.837. The standard InChI is InChI=1S/C16H24N2O2/c1-10(2)14(11(3)4)9-18-16(20)13-7-5-12(6-8-13)15(17)19/h5-8,10-11,14H,9H2,1-4H3,(H2,17,19)(H,18,20). The molecule has 1 rings (SSSR count). The third-order valence-electron chi connectivity index (χ3n) is 3.64. The van der Waals surface area contributed by atoms with Crippen molar-refractivity contribution in [2.24, 2.45) is 23.5 Å². The van der Waals surface area contributed by atoms with Gasteiger partial charge < -0.3 is 11.1 Å². The van der Waals surface area contributed by atoms with E-state index in [-0.39, 0.29) is 5.91 Å². The molecule has 0 atom stereocenters. The molecule has 0 unspecified atom stereocenters. The fourth-order valence-corrected chi connectivity index (χ4v) is 2.34. The number of rotatable bonds is 6. The van der Waals surface area contributed by atoms with Crippen molar-refractivity contribution in [2.45, 2.75) is 27.7 Å². The van der Waals surface area contributed by atoms with E-state index < -0.39 is 5.91 Å². The maximum Gasteiger partial charge on any atom is 0.251 e. The molecule has 0 aromatic heterocycles. The van der Waals surface area contributed by atoms with Gasteiger partial charge in [0.05, 0.1) is 0 Å². The van der Waals surface area contributed by atoms with Gasteiger partial charge in [0.1, 0.15) is 0 Å². The molecule has 0 radical (unpaired) electrons. The Labute approximate surface area is 120 Å². The van der Waals surface area contributed by atoms with E-state index >= 15 is 0 Å². The van der Waals surface area contributed by atoms with Crippen LogP contribution in [0.4, 0.5) is 0 Å². The lowest BCUT2D eigenvalue weighted by Crippen LogP contribution is -2.33. The summed E-state index contributed by atoms with van der Waals surface area (Å²) < 4.78 is 0. The number of nitrogens with two attached hydrogens (primary N) is 1. The second kappa shape index (κ2) is 7.08. The summed E-state index contributed by atoms with van der Waals surface area (Å²) in [5.74, 6) is 0.882. The van der Waals surface area contributed by atoms with Crippen molar-refractivity contribution in [3.8, 4) is 0 Å². The van der Waals surface area contributed by atoms with E-state index in [9.17, 15) is 9.59 Å². The van der Waals surface area contributed by atoms with E-state index in [1.165, 1.54) is 0 Å².